The number of H-pyrrole nitrogens is 1. The summed E-state index contributed by atoms with van der Waals surface area (Å²) in [4.78, 5) is 18.0. The third-order valence-electron chi connectivity index (χ3n) is 7.81. The maximum atomic E-state index is 13.4. The Morgan fingerprint density at radius 3 is 2.60 bits per heavy atom. The van der Waals surface area contributed by atoms with Crippen LogP contribution in [0.5, 0.6) is 0 Å². The summed E-state index contributed by atoms with van der Waals surface area (Å²) in [5.41, 5.74) is 6.99. The summed E-state index contributed by atoms with van der Waals surface area (Å²) in [6.45, 7) is 0. The molecule has 1 aliphatic heterocycles. The molecule has 0 saturated carbocycles. The minimum atomic E-state index is -3.15. The topological polar surface area (TPSA) is 123 Å². The molecule has 1 aliphatic rings. The highest BCUT2D eigenvalue weighted by Crippen LogP contribution is 2.38. The lowest BCUT2D eigenvalue weighted by atomic mass is 9.96. The van der Waals surface area contributed by atoms with E-state index in [2.05, 4.69) is 20.5 Å². The standard InChI is InChI=1S/C33H28N6O3S/c40-33(36-29-14-7-12-25-20-35-37-30(25)29)24-11-6-8-22(18-24)19-27-31(28-13-4-5-16-34-28)38-39(26-15-17-43(41,42)21-26)32(27)23-9-2-1-3-10-23/h1-14,16,18,20,26H,15,17,19,21H2,(H,35,37)(H,36,40). The van der Waals surface area contributed by atoms with Gasteiger partial charge in [0.15, 0.2) is 9.84 Å². The molecule has 214 valence electrons. The number of fused-ring (bicyclic) bond motifs is 1. The highest BCUT2D eigenvalue weighted by Gasteiger charge is 2.33. The van der Waals surface area contributed by atoms with E-state index in [1.54, 1.807) is 18.5 Å². The van der Waals surface area contributed by atoms with Crippen molar-refractivity contribution in [1.29, 1.82) is 0 Å². The number of carbonyl (C=O) groups excluding carboxylic acids is 1. The number of benzene rings is 3. The van der Waals surface area contributed by atoms with Gasteiger partial charge in [0.2, 0.25) is 0 Å². The Bertz CT molecular complexity index is 2050. The number of para-hydroxylation sites is 1. The van der Waals surface area contributed by atoms with Gasteiger partial charge in [-0.3, -0.25) is 19.6 Å². The zero-order valence-corrected chi connectivity index (χ0v) is 24.0. The number of nitrogens with zero attached hydrogens (tertiary/aromatic N) is 4. The monoisotopic (exact) mass is 588 g/mol. The molecule has 6 aromatic rings. The van der Waals surface area contributed by atoms with E-state index in [0.29, 0.717) is 35.5 Å². The Kier molecular flexibility index (Phi) is 6.83. The van der Waals surface area contributed by atoms with Crippen LogP contribution >= 0.6 is 0 Å². The molecular weight excluding hydrogens is 560 g/mol. The summed E-state index contributed by atoms with van der Waals surface area (Å²) in [7, 11) is -3.15. The second-order valence-electron chi connectivity index (χ2n) is 10.7. The molecule has 3 aromatic heterocycles. The highest BCUT2D eigenvalue weighted by atomic mass is 32.2. The number of aromatic nitrogens is 5. The molecule has 3 aromatic carbocycles. The minimum absolute atomic E-state index is 0.0500. The molecule has 1 unspecified atom stereocenters. The Morgan fingerprint density at radius 1 is 0.977 bits per heavy atom. The van der Waals surface area contributed by atoms with E-state index in [-0.39, 0.29) is 23.5 Å². The fraction of sp³-hybridized carbons (Fsp3) is 0.152. The van der Waals surface area contributed by atoms with Crippen molar-refractivity contribution < 1.29 is 13.2 Å². The van der Waals surface area contributed by atoms with Crippen LogP contribution in [0.1, 0.15) is 33.9 Å². The predicted molar refractivity (Wildman–Crippen MR) is 166 cm³/mol. The number of anilines is 1. The summed E-state index contributed by atoms with van der Waals surface area (Å²) < 4.78 is 26.9. The van der Waals surface area contributed by atoms with E-state index in [1.807, 2.05) is 89.6 Å². The lowest BCUT2D eigenvalue weighted by molar-refractivity contribution is 0.102. The van der Waals surface area contributed by atoms with Crippen LogP contribution < -0.4 is 5.32 Å². The van der Waals surface area contributed by atoms with Crippen LogP contribution in [0.15, 0.2) is 103 Å². The van der Waals surface area contributed by atoms with Gasteiger partial charge in [-0.15, -0.1) is 0 Å². The van der Waals surface area contributed by atoms with E-state index >= 15 is 0 Å². The van der Waals surface area contributed by atoms with Crippen LogP contribution in [-0.2, 0) is 16.3 Å². The normalized spacial score (nSPS) is 16.0. The first-order valence-electron chi connectivity index (χ1n) is 14.1. The third kappa shape index (κ3) is 5.32. The van der Waals surface area contributed by atoms with Crippen molar-refractivity contribution in [3.05, 3.63) is 120 Å². The predicted octanol–water partition coefficient (Wildman–Crippen LogP) is 5.69. The number of nitrogens with one attached hydrogen (secondary N) is 2. The molecule has 0 radical (unpaired) electrons. The maximum absolute atomic E-state index is 13.4. The number of carbonyl (C=O) groups is 1. The largest absolute Gasteiger partial charge is 0.320 e. The fourth-order valence-corrected chi connectivity index (χ4v) is 7.47. The Labute approximate surface area is 248 Å². The quantitative estimate of drug-likeness (QED) is 0.247. The van der Waals surface area contributed by atoms with Crippen molar-refractivity contribution in [3.8, 4) is 22.6 Å². The van der Waals surface area contributed by atoms with Gasteiger partial charge in [-0.05, 0) is 42.3 Å². The molecule has 9 nitrogen and oxygen atoms in total. The third-order valence-corrected chi connectivity index (χ3v) is 9.56. The zero-order chi connectivity index (χ0) is 29.4. The average molecular weight is 589 g/mol. The van der Waals surface area contributed by atoms with Crippen molar-refractivity contribution in [2.75, 3.05) is 16.8 Å². The van der Waals surface area contributed by atoms with Gasteiger partial charge in [0.05, 0.1) is 46.3 Å². The summed E-state index contributed by atoms with van der Waals surface area (Å²) in [5, 5.41) is 16.0. The number of amides is 1. The zero-order valence-electron chi connectivity index (χ0n) is 23.1. The van der Waals surface area contributed by atoms with Crippen LogP contribution in [0.25, 0.3) is 33.5 Å². The first-order valence-corrected chi connectivity index (χ1v) is 15.9. The minimum Gasteiger partial charge on any atom is -0.320 e. The Morgan fingerprint density at radius 2 is 1.81 bits per heavy atom. The van der Waals surface area contributed by atoms with E-state index < -0.39 is 9.84 Å². The smallest absolute Gasteiger partial charge is 0.255 e. The van der Waals surface area contributed by atoms with Crippen LogP contribution in [0.2, 0.25) is 0 Å². The number of aromatic amines is 1. The van der Waals surface area contributed by atoms with Gasteiger partial charge in [0.1, 0.15) is 5.69 Å². The lowest BCUT2D eigenvalue weighted by Crippen LogP contribution is -2.14. The van der Waals surface area contributed by atoms with Gasteiger partial charge in [0.25, 0.3) is 5.91 Å². The van der Waals surface area contributed by atoms with Crippen molar-refractivity contribution >= 4 is 32.3 Å². The van der Waals surface area contributed by atoms with Gasteiger partial charge in [0, 0.05) is 34.7 Å². The number of rotatable bonds is 7. The second kappa shape index (κ2) is 11.0. The molecule has 7 rings (SSSR count). The molecule has 0 spiro atoms. The molecule has 4 heterocycles. The van der Waals surface area contributed by atoms with Crippen molar-refractivity contribution in [1.82, 2.24) is 25.0 Å². The van der Waals surface area contributed by atoms with Crippen molar-refractivity contribution in [2.45, 2.75) is 18.9 Å². The van der Waals surface area contributed by atoms with E-state index in [0.717, 1.165) is 33.3 Å². The summed E-state index contributed by atoms with van der Waals surface area (Å²) in [5.74, 6) is -0.0401. The number of sulfone groups is 1. The van der Waals surface area contributed by atoms with E-state index in [4.69, 9.17) is 5.10 Å². The lowest BCUT2D eigenvalue weighted by Gasteiger charge is -2.15. The van der Waals surface area contributed by atoms with E-state index in [1.165, 1.54) is 0 Å². The average Bonchev–Trinajstić information content (AvgIpc) is 3.75. The van der Waals surface area contributed by atoms with Gasteiger partial charge in [-0.25, -0.2) is 8.42 Å². The molecule has 2 N–H and O–H groups in total. The van der Waals surface area contributed by atoms with Crippen molar-refractivity contribution in [3.63, 3.8) is 0 Å². The molecule has 1 saturated heterocycles. The van der Waals surface area contributed by atoms with Gasteiger partial charge in [-0.1, -0.05) is 60.7 Å². The molecule has 1 atom stereocenters. The van der Waals surface area contributed by atoms with E-state index in [9.17, 15) is 13.2 Å². The van der Waals surface area contributed by atoms with Crippen LogP contribution in [0.3, 0.4) is 0 Å². The van der Waals surface area contributed by atoms with Gasteiger partial charge in [-0.2, -0.15) is 10.2 Å². The first kappa shape index (κ1) is 26.8. The maximum Gasteiger partial charge on any atom is 0.255 e. The summed E-state index contributed by atoms with van der Waals surface area (Å²) in [6.07, 6.45) is 4.42. The summed E-state index contributed by atoms with van der Waals surface area (Å²) in [6, 6.07) is 28.5. The second-order valence-corrected chi connectivity index (χ2v) is 13.0. The van der Waals surface area contributed by atoms with Crippen LogP contribution in [0, 0.1) is 0 Å². The first-order chi connectivity index (χ1) is 20.9. The molecule has 0 aliphatic carbocycles. The Hall–Kier alpha value is -5.09. The molecule has 0 bridgehead atoms. The molecule has 1 amide bonds. The van der Waals surface area contributed by atoms with Gasteiger partial charge >= 0.3 is 0 Å². The summed E-state index contributed by atoms with van der Waals surface area (Å²) >= 11 is 0. The fourth-order valence-electron chi connectivity index (χ4n) is 5.77. The van der Waals surface area contributed by atoms with Crippen molar-refractivity contribution in [2.24, 2.45) is 0 Å². The molecular formula is C33H28N6O3S. The van der Waals surface area contributed by atoms with Gasteiger partial charge < -0.3 is 5.32 Å². The van der Waals surface area contributed by atoms with Crippen LogP contribution in [0.4, 0.5) is 5.69 Å². The number of hydrogen-bond donors (Lipinski definition) is 2. The molecule has 1 fully saturated rings. The number of hydrogen-bond acceptors (Lipinski definition) is 6. The highest BCUT2D eigenvalue weighted by molar-refractivity contribution is 7.91. The molecule has 10 heteroatoms. The SMILES string of the molecule is O=C(Nc1cccc2cn[nH]c12)c1cccc(Cc2c(-c3ccccn3)nn(C3CCS(=O)(=O)C3)c2-c2ccccc2)c1. The molecule has 43 heavy (non-hydrogen) atoms. The Balaban J connectivity index is 1.30. The number of pyridine rings is 1. The van der Waals surface area contributed by atoms with Crippen LogP contribution in [-0.4, -0.2) is 50.8 Å².